The third-order valence-electron chi connectivity index (χ3n) is 16.2. The number of ether oxygens (including phenoxy) is 8. The van der Waals surface area contributed by atoms with Gasteiger partial charge in [0.05, 0.1) is 35.5 Å². The molecule has 0 saturated carbocycles. The van der Waals surface area contributed by atoms with Crippen LogP contribution in [0.5, 0.6) is 0 Å². The number of benzene rings is 1. The lowest BCUT2D eigenvalue weighted by molar-refractivity contribution is -0.328. The molecule has 2 aromatic rings. The molecule has 18 atom stereocenters. The van der Waals surface area contributed by atoms with Crippen molar-refractivity contribution in [3.63, 3.8) is 0 Å². The number of methoxy groups -OCH3 is 1. The lowest BCUT2D eigenvalue weighted by Crippen LogP contribution is -2.63. The van der Waals surface area contributed by atoms with Crippen molar-refractivity contribution in [1.82, 2.24) is 14.8 Å². The van der Waals surface area contributed by atoms with Gasteiger partial charge in [-0.25, -0.2) is 0 Å². The van der Waals surface area contributed by atoms with Gasteiger partial charge in [0.15, 0.2) is 24.0 Å². The van der Waals surface area contributed by atoms with Crippen LogP contribution < -0.4 is 0 Å². The van der Waals surface area contributed by atoms with E-state index in [1.807, 2.05) is 74.2 Å². The van der Waals surface area contributed by atoms with E-state index < -0.39 is 125 Å². The monoisotopic (exact) mass is 992 g/mol. The molecular formula is C54H77N3O14. The number of carbonyl (C=O) groups excluding carboxylic acids is 4. The number of aliphatic hydroxyl groups excluding tert-OH is 2. The topological polar surface area (TPSA) is 202 Å². The highest BCUT2D eigenvalue weighted by Gasteiger charge is 2.71. The maximum Gasteiger partial charge on any atom is 0.324 e. The van der Waals surface area contributed by atoms with Gasteiger partial charge in [0, 0.05) is 61.5 Å². The number of Topliss-reactive ketones (excluding diaryl/α,β-unsaturated/α-hetero) is 2. The molecule has 0 amide bonds. The summed E-state index contributed by atoms with van der Waals surface area (Å²) in [7, 11) is 5.15. The van der Waals surface area contributed by atoms with Gasteiger partial charge in [-0.15, -0.1) is 6.58 Å². The molecule has 17 heteroatoms. The van der Waals surface area contributed by atoms with E-state index >= 15 is 9.59 Å². The second-order valence-corrected chi connectivity index (χ2v) is 21.7. The summed E-state index contributed by atoms with van der Waals surface area (Å²) in [6, 6.07) is 8.47. The fourth-order valence-corrected chi connectivity index (χ4v) is 12.3. The Kier molecular flexibility index (Phi) is 16.5. The number of hydrogen-bond donors (Lipinski definition) is 2. The predicted octanol–water partition coefficient (Wildman–Crippen LogP) is 5.06. The Balaban J connectivity index is 1.40. The third kappa shape index (κ3) is 10.6. The second kappa shape index (κ2) is 21.5. The fourth-order valence-electron chi connectivity index (χ4n) is 12.3. The Hall–Kier alpha value is -4.01. The standard InChI is InChI=1S/C54H77N3O14/c1-14-22-57-29-51(7)44-40(57)49(63)71-54(44,10)38(15-2)68-48(62)32(5)41(58)43(69-39-27-52(8,64-13)46(61)33(6)67-39)47(70-50-42(59)37(56(11)12)24-31(4)66-50)53(9,26-30(3)45(51)60)65-23-18-19-34-25-35-20-16-17-21-36(35)55-28-34/h14,16-21,25,28,30-33,37-40,42-44,46-47,50,59,61H,1,15,22-24,26-27,29H2,2-13H3/b19-18+/t30-,31-,32-,33+,37+,38+,39?,40?,42-,43+,44?,46?,47-,50+,51?,52-,53+,54-/m1/s1. The highest BCUT2D eigenvalue weighted by atomic mass is 16.7. The smallest absolute Gasteiger partial charge is 0.324 e. The Bertz CT molecular complexity index is 2310. The lowest BCUT2D eigenvalue weighted by atomic mass is 9.62. The highest BCUT2D eigenvalue weighted by molar-refractivity contribution is 6.01. The molecule has 5 saturated heterocycles. The summed E-state index contributed by atoms with van der Waals surface area (Å²) in [5.41, 5.74) is -3.96. The van der Waals surface area contributed by atoms with Gasteiger partial charge in [0.1, 0.15) is 48.3 Å². The van der Waals surface area contributed by atoms with Gasteiger partial charge >= 0.3 is 11.9 Å². The van der Waals surface area contributed by atoms with Crippen LogP contribution in [0.1, 0.15) is 93.6 Å². The Labute approximate surface area is 418 Å². The number of cyclic esters (lactones) is 1. The van der Waals surface area contributed by atoms with Crippen LogP contribution in [0.15, 0.2) is 55.3 Å². The largest absolute Gasteiger partial charge is 0.458 e. The van der Waals surface area contributed by atoms with Crippen LogP contribution >= 0.6 is 0 Å². The molecule has 17 nitrogen and oxygen atoms in total. The van der Waals surface area contributed by atoms with Gasteiger partial charge in [-0.2, -0.15) is 0 Å². The summed E-state index contributed by atoms with van der Waals surface area (Å²) in [6.45, 7) is 19.8. The summed E-state index contributed by atoms with van der Waals surface area (Å²) in [5, 5.41) is 24.3. The molecule has 7 rings (SSSR count). The quantitative estimate of drug-likeness (QED) is 0.153. The fraction of sp³-hybridized carbons (Fsp3) is 0.685. The average Bonchev–Trinajstić information content (AvgIpc) is 3.80. The molecule has 5 fully saturated rings. The van der Waals surface area contributed by atoms with Gasteiger partial charge in [-0.05, 0) is 92.6 Å². The van der Waals surface area contributed by atoms with Gasteiger partial charge in [0.2, 0.25) is 0 Å². The number of ketones is 2. The number of fused-ring (bicyclic) bond motifs is 1. The van der Waals surface area contributed by atoms with Gasteiger partial charge < -0.3 is 53.0 Å². The Morgan fingerprint density at radius 3 is 2.37 bits per heavy atom. The molecule has 6 heterocycles. The number of hydrogen-bond acceptors (Lipinski definition) is 17. The van der Waals surface area contributed by atoms with Crippen LogP contribution in [0.2, 0.25) is 0 Å². The minimum absolute atomic E-state index is 0.0502. The molecule has 0 radical (unpaired) electrons. The molecule has 5 unspecified atom stereocenters. The Morgan fingerprint density at radius 1 is 0.972 bits per heavy atom. The van der Waals surface area contributed by atoms with Crippen molar-refractivity contribution in [3.05, 3.63) is 60.8 Å². The summed E-state index contributed by atoms with van der Waals surface area (Å²) in [5.74, 6) is -5.61. The predicted molar refractivity (Wildman–Crippen MR) is 262 cm³/mol. The zero-order valence-corrected chi connectivity index (χ0v) is 43.6. The number of aliphatic hydroxyl groups is 2. The van der Waals surface area contributed by atoms with Crippen molar-refractivity contribution >= 4 is 40.5 Å². The number of likely N-dealkylation sites (N-methyl/N-ethyl adjacent to an activating group) is 1. The summed E-state index contributed by atoms with van der Waals surface area (Å²) in [4.78, 5) is 68.6. The zero-order valence-electron chi connectivity index (χ0n) is 43.6. The van der Waals surface area contributed by atoms with Crippen molar-refractivity contribution in [2.75, 3.05) is 40.9 Å². The van der Waals surface area contributed by atoms with E-state index in [-0.39, 0.29) is 44.7 Å². The SMILES string of the molecule is C=CCN1CC2(C)C(=O)[C@H](C)C[C@](C)(OC/C=C/c3cnc4ccccc4c3)[C@H](O[C@@H]3O[C@H](C)C[C@H](N(C)C)[C@H]3O)[C@@H](OC3C[C@@](C)(OC)C(O)[C@H](C)O3)C(=O)[C@@H](C)C(=O)O[C@@H](CC)[C@@]3(C)OC(=O)C1C23. The zero-order chi connectivity index (χ0) is 52.0. The molecule has 2 N–H and O–H groups in total. The van der Waals surface area contributed by atoms with Crippen LogP contribution in [0, 0.1) is 23.2 Å². The van der Waals surface area contributed by atoms with Crippen LogP contribution in [0.3, 0.4) is 0 Å². The number of esters is 2. The van der Waals surface area contributed by atoms with Crippen LogP contribution in [0.4, 0.5) is 0 Å². The van der Waals surface area contributed by atoms with E-state index in [1.165, 1.54) is 14.0 Å². The van der Waals surface area contributed by atoms with E-state index in [0.717, 1.165) is 16.5 Å². The van der Waals surface area contributed by atoms with E-state index in [9.17, 15) is 19.8 Å². The number of para-hydroxylation sites is 1. The molecule has 0 bridgehead atoms. The second-order valence-electron chi connectivity index (χ2n) is 21.7. The minimum atomic E-state index is -1.73. The normalized spacial score (nSPS) is 41.8. The molecule has 5 aliphatic rings. The first kappa shape index (κ1) is 54.8. The van der Waals surface area contributed by atoms with Crippen molar-refractivity contribution < 1.29 is 67.3 Å². The van der Waals surface area contributed by atoms with E-state index in [0.29, 0.717) is 6.42 Å². The first-order chi connectivity index (χ1) is 33.4. The van der Waals surface area contributed by atoms with E-state index in [4.69, 9.17) is 37.9 Å². The maximum absolute atomic E-state index is 15.7. The number of rotatable bonds is 13. The number of aromatic nitrogens is 1. The average molecular weight is 992 g/mol. The minimum Gasteiger partial charge on any atom is -0.458 e. The molecule has 1 aromatic carbocycles. The number of likely N-dealkylation sites (tertiary alicyclic amines) is 1. The molecule has 1 aromatic heterocycles. The highest BCUT2D eigenvalue weighted by Crippen LogP contribution is 2.56. The summed E-state index contributed by atoms with van der Waals surface area (Å²) < 4.78 is 52.0. The van der Waals surface area contributed by atoms with E-state index in [2.05, 4.69) is 11.6 Å². The summed E-state index contributed by atoms with van der Waals surface area (Å²) >= 11 is 0. The van der Waals surface area contributed by atoms with Gasteiger partial charge in [-0.3, -0.25) is 29.1 Å². The number of nitrogens with zero attached hydrogens (tertiary/aromatic N) is 3. The van der Waals surface area contributed by atoms with Crippen molar-refractivity contribution in [2.24, 2.45) is 23.2 Å². The number of pyridine rings is 1. The molecule has 71 heavy (non-hydrogen) atoms. The first-order valence-corrected chi connectivity index (χ1v) is 25.2. The first-order valence-electron chi connectivity index (χ1n) is 25.2. The van der Waals surface area contributed by atoms with Crippen molar-refractivity contribution in [3.8, 4) is 0 Å². The molecule has 0 spiro atoms. The maximum atomic E-state index is 15.7. The third-order valence-corrected chi connectivity index (χ3v) is 16.2. The van der Waals surface area contributed by atoms with Gasteiger partial charge in [0.25, 0.3) is 0 Å². The molecule has 392 valence electrons. The molecule has 5 aliphatic heterocycles. The van der Waals surface area contributed by atoms with Crippen molar-refractivity contribution in [2.45, 2.75) is 172 Å². The van der Waals surface area contributed by atoms with Crippen LogP contribution in [-0.2, 0) is 57.1 Å². The van der Waals surface area contributed by atoms with Crippen LogP contribution in [0.25, 0.3) is 17.0 Å². The molecule has 0 aliphatic carbocycles. The van der Waals surface area contributed by atoms with E-state index in [1.54, 1.807) is 59.9 Å². The molecular weight excluding hydrogens is 915 g/mol. The van der Waals surface area contributed by atoms with Crippen LogP contribution in [-0.4, -0.2) is 174 Å². The van der Waals surface area contributed by atoms with Crippen molar-refractivity contribution in [1.29, 1.82) is 0 Å². The Morgan fingerprint density at radius 2 is 1.69 bits per heavy atom. The van der Waals surface area contributed by atoms with Gasteiger partial charge in [-0.1, -0.05) is 57.2 Å². The summed E-state index contributed by atoms with van der Waals surface area (Å²) in [6.07, 6.45) is -2.89. The number of carbonyl (C=O) groups is 4. The lowest BCUT2D eigenvalue weighted by Gasteiger charge is -2.49.